The van der Waals surface area contributed by atoms with E-state index in [1.54, 1.807) is 31.2 Å². The van der Waals surface area contributed by atoms with E-state index in [9.17, 15) is 4.39 Å². The molecule has 3 N–H and O–H groups in total. The molecule has 21 heavy (non-hydrogen) atoms. The van der Waals surface area contributed by atoms with E-state index in [0.717, 1.165) is 22.4 Å². The number of aryl methyl sites for hydroxylation is 1. The van der Waals surface area contributed by atoms with Crippen molar-refractivity contribution in [2.45, 2.75) is 6.92 Å². The van der Waals surface area contributed by atoms with Gasteiger partial charge in [-0.15, -0.1) is 0 Å². The lowest BCUT2D eigenvalue weighted by Crippen LogP contribution is -1.89. The molecule has 1 aromatic heterocycles. The summed E-state index contributed by atoms with van der Waals surface area (Å²) in [5, 5.41) is 7.64. The Morgan fingerprint density at radius 1 is 1.10 bits per heavy atom. The minimum absolute atomic E-state index is 0.237. The van der Waals surface area contributed by atoms with Gasteiger partial charge in [-0.05, 0) is 48.4 Å². The van der Waals surface area contributed by atoms with E-state index in [1.807, 2.05) is 12.1 Å². The first-order valence-electron chi connectivity index (χ1n) is 6.42. The van der Waals surface area contributed by atoms with Crippen molar-refractivity contribution in [2.75, 3.05) is 5.73 Å². The lowest BCUT2D eigenvalue weighted by Gasteiger charge is -2.06. The highest BCUT2D eigenvalue weighted by atomic mass is 35.5. The molecule has 106 valence electrons. The van der Waals surface area contributed by atoms with E-state index in [0.29, 0.717) is 16.4 Å². The van der Waals surface area contributed by atoms with Crippen LogP contribution in [0.4, 0.5) is 10.2 Å². The topological polar surface area (TPSA) is 54.7 Å². The van der Waals surface area contributed by atoms with E-state index in [-0.39, 0.29) is 5.82 Å². The van der Waals surface area contributed by atoms with Gasteiger partial charge in [0, 0.05) is 10.6 Å². The lowest BCUT2D eigenvalue weighted by atomic mass is 10.00. The molecule has 0 unspecified atom stereocenters. The lowest BCUT2D eigenvalue weighted by molar-refractivity contribution is 0.619. The summed E-state index contributed by atoms with van der Waals surface area (Å²) >= 11 is 5.91. The van der Waals surface area contributed by atoms with Crippen LogP contribution in [0.2, 0.25) is 5.02 Å². The summed E-state index contributed by atoms with van der Waals surface area (Å²) in [6.07, 6.45) is 0. The van der Waals surface area contributed by atoms with Crippen LogP contribution in [0.25, 0.3) is 22.4 Å². The number of hydrogen-bond donors (Lipinski definition) is 2. The van der Waals surface area contributed by atoms with Gasteiger partial charge in [0.05, 0.1) is 11.3 Å². The van der Waals surface area contributed by atoms with Crippen LogP contribution in [0.3, 0.4) is 0 Å². The molecule has 0 aliphatic rings. The Morgan fingerprint density at radius 2 is 1.76 bits per heavy atom. The van der Waals surface area contributed by atoms with Gasteiger partial charge in [-0.2, -0.15) is 5.10 Å². The zero-order valence-electron chi connectivity index (χ0n) is 11.3. The number of benzene rings is 2. The predicted molar refractivity (Wildman–Crippen MR) is 83.6 cm³/mol. The van der Waals surface area contributed by atoms with Gasteiger partial charge in [0.15, 0.2) is 5.82 Å². The highest BCUT2D eigenvalue weighted by Gasteiger charge is 2.15. The van der Waals surface area contributed by atoms with E-state index in [2.05, 4.69) is 10.2 Å². The van der Waals surface area contributed by atoms with E-state index in [1.165, 1.54) is 6.07 Å². The Labute approximate surface area is 126 Å². The summed E-state index contributed by atoms with van der Waals surface area (Å²) in [5.74, 6) is 0.161. The zero-order valence-corrected chi connectivity index (χ0v) is 12.1. The van der Waals surface area contributed by atoms with Gasteiger partial charge in [0.2, 0.25) is 0 Å². The third kappa shape index (κ3) is 2.50. The average Bonchev–Trinajstić information content (AvgIpc) is 2.85. The molecule has 0 aliphatic heterocycles. The third-order valence-electron chi connectivity index (χ3n) is 3.37. The number of halogens is 2. The molecule has 0 fully saturated rings. The quantitative estimate of drug-likeness (QED) is 0.736. The molecular weight excluding hydrogens is 289 g/mol. The molecule has 0 saturated heterocycles. The maximum absolute atomic E-state index is 13.4. The molecule has 5 heteroatoms. The van der Waals surface area contributed by atoms with E-state index >= 15 is 0 Å². The van der Waals surface area contributed by atoms with Gasteiger partial charge in [-0.1, -0.05) is 23.7 Å². The van der Waals surface area contributed by atoms with Crippen LogP contribution in [0.1, 0.15) is 5.56 Å². The van der Waals surface area contributed by atoms with Crippen LogP contribution in [0.15, 0.2) is 42.5 Å². The van der Waals surface area contributed by atoms with Crippen molar-refractivity contribution in [3.05, 3.63) is 58.9 Å². The number of nitrogens with two attached hydrogens (primary N) is 1. The van der Waals surface area contributed by atoms with Crippen LogP contribution >= 0.6 is 11.6 Å². The van der Waals surface area contributed by atoms with Crippen molar-refractivity contribution in [2.24, 2.45) is 0 Å². The van der Waals surface area contributed by atoms with Crippen LogP contribution in [-0.4, -0.2) is 10.2 Å². The fourth-order valence-corrected chi connectivity index (χ4v) is 2.40. The standard InChI is InChI=1S/C16H13ClFN3/c1-9-8-11(4-7-13(9)18)15-14(16(19)21-20-15)10-2-5-12(17)6-3-10/h2-8H,1H3,(H3,19,20,21). The van der Waals surface area contributed by atoms with Crippen molar-refractivity contribution in [1.29, 1.82) is 0 Å². The molecule has 2 aromatic carbocycles. The molecule has 0 spiro atoms. The van der Waals surface area contributed by atoms with Gasteiger partial charge < -0.3 is 5.73 Å². The van der Waals surface area contributed by atoms with Gasteiger partial charge >= 0.3 is 0 Å². The summed E-state index contributed by atoms with van der Waals surface area (Å²) in [7, 11) is 0. The third-order valence-corrected chi connectivity index (χ3v) is 3.63. The molecular formula is C16H13ClFN3. The van der Waals surface area contributed by atoms with Gasteiger partial charge in [-0.25, -0.2) is 4.39 Å². The SMILES string of the molecule is Cc1cc(-c2[nH]nc(N)c2-c2ccc(Cl)cc2)ccc1F. The molecule has 0 amide bonds. The van der Waals surface area contributed by atoms with Crippen LogP contribution in [0.5, 0.6) is 0 Å². The number of hydrogen-bond acceptors (Lipinski definition) is 2. The first kappa shape index (κ1) is 13.6. The second-order valence-corrected chi connectivity index (χ2v) is 5.27. The van der Waals surface area contributed by atoms with E-state index in [4.69, 9.17) is 17.3 Å². The summed E-state index contributed by atoms with van der Waals surface area (Å²) in [6.45, 7) is 1.72. The van der Waals surface area contributed by atoms with Gasteiger partial charge in [-0.3, -0.25) is 5.10 Å². The molecule has 0 radical (unpaired) electrons. The van der Waals surface area contributed by atoms with Crippen LogP contribution < -0.4 is 5.73 Å². The first-order valence-corrected chi connectivity index (χ1v) is 6.80. The normalized spacial score (nSPS) is 10.8. The average molecular weight is 302 g/mol. The number of nitrogens with zero attached hydrogens (tertiary/aromatic N) is 1. The van der Waals surface area contributed by atoms with Crippen molar-refractivity contribution in [1.82, 2.24) is 10.2 Å². The highest BCUT2D eigenvalue weighted by Crippen LogP contribution is 2.35. The molecule has 0 bridgehead atoms. The van der Waals surface area contributed by atoms with E-state index < -0.39 is 0 Å². The molecule has 0 atom stereocenters. The molecule has 1 heterocycles. The number of aromatic nitrogens is 2. The number of aromatic amines is 1. The maximum atomic E-state index is 13.4. The molecule has 0 saturated carbocycles. The van der Waals surface area contributed by atoms with Crippen molar-refractivity contribution < 1.29 is 4.39 Å². The molecule has 0 aliphatic carbocycles. The monoisotopic (exact) mass is 301 g/mol. The second kappa shape index (κ2) is 5.22. The largest absolute Gasteiger partial charge is 0.382 e. The Hall–Kier alpha value is -2.33. The predicted octanol–water partition coefficient (Wildman–Crippen LogP) is 4.43. The molecule has 3 nitrogen and oxygen atoms in total. The van der Waals surface area contributed by atoms with Gasteiger partial charge in [0.1, 0.15) is 5.82 Å². The number of H-pyrrole nitrogens is 1. The summed E-state index contributed by atoms with van der Waals surface area (Å²) < 4.78 is 13.4. The Balaban J connectivity index is 2.16. The minimum Gasteiger partial charge on any atom is -0.382 e. The van der Waals surface area contributed by atoms with Crippen molar-refractivity contribution >= 4 is 17.4 Å². The fraction of sp³-hybridized carbons (Fsp3) is 0.0625. The first-order chi connectivity index (χ1) is 10.1. The Bertz CT molecular complexity index is 794. The fourth-order valence-electron chi connectivity index (χ4n) is 2.27. The second-order valence-electron chi connectivity index (χ2n) is 4.83. The summed E-state index contributed by atoms with van der Waals surface area (Å²) in [6, 6.07) is 12.3. The van der Waals surface area contributed by atoms with Gasteiger partial charge in [0.25, 0.3) is 0 Å². The van der Waals surface area contributed by atoms with Crippen LogP contribution in [0, 0.1) is 12.7 Å². The smallest absolute Gasteiger partial charge is 0.153 e. The van der Waals surface area contributed by atoms with Crippen molar-refractivity contribution in [3.8, 4) is 22.4 Å². The molecule has 3 rings (SSSR count). The Kier molecular flexibility index (Phi) is 3.39. The summed E-state index contributed by atoms with van der Waals surface area (Å²) in [5.41, 5.74) is 9.83. The Morgan fingerprint density at radius 3 is 2.43 bits per heavy atom. The maximum Gasteiger partial charge on any atom is 0.153 e. The molecule has 3 aromatic rings. The van der Waals surface area contributed by atoms with Crippen molar-refractivity contribution in [3.63, 3.8) is 0 Å². The number of nitrogen functional groups attached to an aromatic ring is 1. The highest BCUT2D eigenvalue weighted by molar-refractivity contribution is 6.30. The minimum atomic E-state index is -0.237. The number of nitrogens with one attached hydrogen (secondary N) is 1. The summed E-state index contributed by atoms with van der Waals surface area (Å²) in [4.78, 5) is 0. The zero-order chi connectivity index (χ0) is 15.0. The number of anilines is 1. The van der Waals surface area contributed by atoms with Crippen LogP contribution in [-0.2, 0) is 0 Å². The number of rotatable bonds is 2.